The van der Waals surface area contributed by atoms with Crippen LogP contribution in [0.4, 0.5) is 4.39 Å². The summed E-state index contributed by atoms with van der Waals surface area (Å²) >= 11 is 0. The van der Waals surface area contributed by atoms with Crippen LogP contribution in [0.5, 0.6) is 0 Å². The fourth-order valence-corrected chi connectivity index (χ4v) is 3.33. The number of halogens is 1. The summed E-state index contributed by atoms with van der Waals surface area (Å²) in [5, 5.41) is 0. The van der Waals surface area contributed by atoms with Gasteiger partial charge in [-0.2, -0.15) is 0 Å². The first-order valence-corrected chi connectivity index (χ1v) is 6.91. The van der Waals surface area contributed by atoms with Crippen LogP contribution in [-0.2, 0) is 11.3 Å². The molecular formula is C16H20FNO. The lowest BCUT2D eigenvalue weighted by Gasteiger charge is -2.33. The molecule has 0 bridgehead atoms. The van der Waals surface area contributed by atoms with Gasteiger partial charge in [-0.25, -0.2) is 4.39 Å². The molecule has 3 rings (SSSR count). The van der Waals surface area contributed by atoms with E-state index in [-0.39, 0.29) is 5.54 Å². The first kappa shape index (κ1) is 12.7. The summed E-state index contributed by atoms with van der Waals surface area (Å²) in [5.41, 5.74) is 2.10. The largest absolute Gasteiger partial charge is 0.374 e. The topological polar surface area (TPSA) is 12.5 Å². The Bertz CT molecular complexity index is 461. The zero-order chi connectivity index (χ0) is 13.3. The molecule has 0 unspecified atom stereocenters. The van der Waals surface area contributed by atoms with Gasteiger partial charge < -0.3 is 9.64 Å². The lowest BCUT2D eigenvalue weighted by atomic mass is 9.95. The van der Waals surface area contributed by atoms with Crippen LogP contribution in [0.2, 0.25) is 0 Å². The van der Waals surface area contributed by atoms with Crippen molar-refractivity contribution in [3.63, 3.8) is 0 Å². The first-order valence-electron chi connectivity index (χ1n) is 6.91. The summed E-state index contributed by atoms with van der Waals surface area (Å²) in [7, 11) is 0. The van der Waals surface area contributed by atoms with Gasteiger partial charge in [-0.05, 0) is 18.4 Å². The molecule has 2 atom stereocenters. The standard InChI is InChI=1S/C16H20FNO/c1-13-7-8-16(9-15(17)10-18(13)16)12-19-11-14-5-3-2-4-6-14/h2-6,15H,1,7-12H2/t15-,16+/m1/s1. The van der Waals surface area contributed by atoms with Crippen LogP contribution in [0.1, 0.15) is 24.8 Å². The molecule has 0 N–H and O–H groups in total. The zero-order valence-corrected chi connectivity index (χ0v) is 11.1. The summed E-state index contributed by atoms with van der Waals surface area (Å²) in [6, 6.07) is 10.1. The summed E-state index contributed by atoms with van der Waals surface area (Å²) in [5.74, 6) is 0. The number of ether oxygens (including phenoxy) is 1. The number of alkyl halides is 1. The monoisotopic (exact) mass is 261 g/mol. The van der Waals surface area contributed by atoms with Crippen molar-refractivity contribution < 1.29 is 9.13 Å². The molecule has 2 nitrogen and oxygen atoms in total. The number of hydrogen-bond acceptors (Lipinski definition) is 2. The van der Waals surface area contributed by atoms with Gasteiger partial charge in [0, 0.05) is 18.7 Å². The Hall–Kier alpha value is -1.35. The van der Waals surface area contributed by atoms with E-state index in [0.717, 1.165) is 24.1 Å². The summed E-state index contributed by atoms with van der Waals surface area (Å²) < 4.78 is 19.5. The second-order valence-electron chi connectivity index (χ2n) is 5.68. The van der Waals surface area contributed by atoms with Crippen molar-refractivity contribution >= 4 is 0 Å². The van der Waals surface area contributed by atoms with E-state index >= 15 is 0 Å². The molecule has 2 heterocycles. The number of benzene rings is 1. The lowest BCUT2D eigenvalue weighted by molar-refractivity contribution is 0.0324. The average molecular weight is 261 g/mol. The predicted molar refractivity (Wildman–Crippen MR) is 73.4 cm³/mol. The van der Waals surface area contributed by atoms with E-state index in [1.165, 1.54) is 0 Å². The maximum Gasteiger partial charge on any atom is 0.120 e. The fraction of sp³-hybridized carbons (Fsp3) is 0.500. The average Bonchev–Trinajstić information content (AvgIpc) is 2.88. The van der Waals surface area contributed by atoms with Crippen molar-refractivity contribution in [1.82, 2.24) is 4.90 Å². The molecule has 0 saturated carbocycles. The van der Waals surface area contributed by atoms with E-state index in [2.05, 4.69) is 23.6 Å². The Labute approximate surface area is 113 Å². The van der Waals surface area contributed by atoms with Crippen LogP contribution in [0.15, 0.2) is 42.6 Å². The number of allylic oxidation sites excluding steroid dienone is 1. The second-order valence-corrected chi connectivity index (χ2v) is 5.68. The highest BCUT2D eigenvalue weighted by Gasteiger charge is 2.50. The van der Waals surface area contributed by atoms with Crippen molar-refractivity contribution in [2.45, 2.75) is 37.6 Å². The molecule has 2 fully saturated rings. The molecule has 0 aromatic heterocycles. The third-order valence-electron chi connectivity index (χ3n) is 4.30. The third-order valence-corrected chi connectivity index (χ3v) is 4.30. The zero-order valence-electron chi connectivity index (χ0n) is 11.1. The molecule has 19 heavy (non-hydrogen) atoms. The minimum absolute atomic E-state index is 0.134. The molecule has 2 aliphatic heterocycles. The fourth-order valence-electron chi connectivity index (χ4n) is 3.33. The van der Waals surface area contributed by atoms with E-state index in [1.54, 1.807) is 0 Å². The summed E-state index contributed by atoms with van der Waals surface area (Å²) in [4.78, 5) is 2.14. The predicted octanol–water partition coefficient (Wildman–Crippen LogP) is 3.29. The number of hydrogen-bond donors (Lipinski definition) is 0. The Morgan fingerprint density at radius 3 is 2.95 bits per heavy atom. The highest BCUT2D eigenvalue weighted by Crippen LogP contribution is 2.44. The number of nitrogens with zero attached hydrogens (tertiary/aromatic N) is 1. The van der Waals surface area contributed by atoms with Gasteiger partial charge in [0.15, 0.2) is 0 Å². The van der Waals surface area contributed by atoms with Crippen molar-refractivity contribution in [1.29, 1.82) is 0 Å². The molecule has 0 spiro atoms. The van der Waals surface area contributed by atoms with Gasteiger partial charge in [-0.15, -0.1) is 0 Å². The lowest BCUT2D eigenvalue weighted by Crippen LogP contribution is -2.41. The highest BCUT2D eigenvalue weighted by molar-refractivity contribution is 5.17. The van der Waals surface area contributed by atoms with E-state index in [9.17, 15) is 4.39 Å². The molecule has 102 valence electrons. The van der Waals surface area contributed by atoms with Crippen LogP contribution in [0.3, 0.4) is 0 Å². The molecule has 2 saturated heterocycles. The first-order chi connectivity index (χ1) is 9.20. The molecule has 1 aromatic carbocycles. The normalized spacial score (nSPS) is 29.8. The van der Waals surface area contributed by atoms with Gasteiger partial charge in [0.05, 0.1) is 18.8 Å². The Kier molecular flexibility index (Phi) is 3.31. The second kappa shape index (κ2) is 4.97. The molecule has 0 aliphatic carbocycles. The van der Waals surface area contributed by atoms with Crippen molar-refractivity contribution in [2.24, 2.45) is 0 Å². The maximum atomic E-state index is 13.7. The minimum Gasteiger partial charge on any atom is -0.374 e. The van der Waals surface area contributed by atoms with Gasteiger partial charge >= 0.3 is 0 Å². The summed E-state index contributed by atoms with van der Waals surface area (Å²) in [6.07, 6.45) is 1.79. The quantitative estimate of drug-likeness (QED) is 0.824. The minimum atomic E-state index is -0.739. The molecule has 3 heteroatoms. The van der Waals surface area contributed by atoms with Crippen molar-refractivity contribution in [3.05, 3.63) is 48.2 Å². The van der Waals surface area contributed by atoms with Crippen LogP contribution in [0.25, 0.3) is 0 Å². The summed E-state index contributed by atoms with van der Waals surface area (Å²) in [6.45, 7) is 5.74. The number of rotatable bonds is 4. The Morgan fingerprint density at radius 2 is 2.16 bits per heavy atom. The smallest absolute Gasteiger partial charge is 0.120 e. The molecule has 0 radical (unpaired) electrons. The van der Waals surface area contributed by atoms with Crippen LogP contribution in [0, 0.1) is 0 Å². The van der Waals surface area contributed by atoms with Gasteiger partial charge in [-0.1, -0.05) is 36.9 Å². The maximum absolute atomic E-state index is 13.7. The third kappa shape index (κ3) is 2.39. The van der Waals surface area contributed by atoms with Crippen molar-refractivity contribution in [2.75, 3.05) is 13.2 Å². The number of fused-ring (bicyclic) bond motifs is 1. The van der Waals surface area contributed by atoms with Gasteiger partial charge in [0.25, 0.3) is 0 Å². The van der Waals surface area contributed by atoms with Gasteiger partial charge in [-0.3, -0.25) is 0 Å². The van der Waals surface area contributed by atoms with E-state index < -0.39 is 6.17 Å². The Balaban J connectivity index is 1.61. The van der Waals surface area contributed by atoms with E-state index in [4.69, 9.17) is 4.74 Å². The van der Waals surface area contributed by atoms with Gasteiger partial charge in [0.1, 0.15) is 6.17 Å². The SMILES string of the molecule is C=C1CC[C@@]2(COCc3ccccc3)C[C@@H](F)CN12. The molecular weight excluding hydrogens is 241 g/mol. The van der Waals surface area contributed by atoms with Crippen LogP contribution >= 0.6 is 0 Å². The van der Waals surface area contributed by atoms with Crippen molar-refractivity contribution in [3.8, 4) is 0 Å². The van der Waals surface area contributed by atoms with Gasteiger partial charge in [0.2, 0.25) is 0 Å². The van der Waals surface area contributed by atoms with Crippen LogP contribution < -0.4 is 0 Å². The Morgan fingerprint density at radius 1 is 1.37 bits per heavy atom. The van der Waals surface area contributed by atoms with Crippen LogP contribution in [-0.4, -0.2) is 29.8 Å². The molecule has 0 amide bonds. The van der Waals surface area contributed by atoms with E-state index in [1.807, 2.05) is 18.2 Å². The van der Waals surface area contributed by atoms with E-state index in [0.29, 0.717) is 26.2 Å². The molecule has 2 aliphatic rings. The highest BCUT2D eigenvalue weighted by atomic mass is 19.1. The molecule has 1 aromatic rings.